The molecular formula is C9H16N2O3. The maximum atomic E-state index is 11.8. The molecule has 0 saturated heterocycles. The molecule has 5 heteroatoms. The van der Waals surface area contributed by atoms with Crippen molar-refractivity contribution in [1.29, 1.82) is 0 Å². The fraction of sp³-hybridized carbons (Fsp3) is 0.778. The maximum absolute atomic E-state index is 11.8. The van der Waals surface area contributed by atoms with Gasteiger partial charge in [0.15, 0.2) is 0 Å². The molecule has 2 N–H and O–H groups in total. The molecule has 1 aliphatic rings. The summed E-state index contributed by atoms with van der Waals surface area (Å²) < 4.78 is 0. The average Bonchev–Trinajstić information content (AvgIpc) is 2.93. The van der Waals surface area contributed by atoms with Crippen molar-refractivity contribution in [2.24, 2.45) is 5.41 Å². The van der Waals surface area contributed by atoms with Crippen LogP contribution < -0.4 is 5.48 Å². The van der Waals surface area contributed by atoms with Gasteiger partial charge >= 0.3 is 0 Å². The van der Waals surface area contributed by atoms with E-state index in [2.05, 4.69) is 0 Å². The van der Waals surface area contributed by atoms with Gasteiger partial charge in [-0.1, -0.05) is 6.92 Å². The molecule has 0 aromatic carbocycles. The third kappa shape index (κ3) is 1.87. The van der Waals surface area contributed by atoms with Crippen molar-refractivity contribution >= 4 is 11.8 Å². The second-order valence-corrected chi connectivity index (χ2v) is 4.13. The number of amides is 2. The highest BCUT2D eigenvalue weighted by molar-refractivity contribution is 5.90. The van der Waals surface area contributed by atoms with Gasteiger partial charge in [0.25, 0.3) is 5.91 Å². The molecule has 1 rings (SSSR count). The number of nitrogens with zero attached hydrogens (tertiary/aromatic N) is 1. The normalized spacial score (nSPS) is 19.7. The first-order valence-corrected chi connectivity index (χ1v) is 4.63. The minimum atomic E-state index is -0.634. The second-order valence-electron chi connectivity index (χ2n) is 4.13. The molecule has 1 fully saturated rings. The van der Waals surface area contributed by atoms with Crippen LogP contribution in [0.25, 0.3) is 0 Å². The van der Waals surface area contributed by atoms with E-state index in [1.807, 2.05) is 6.92 Å². The summed E-state index contributed by atoms with van der Waals surface area (Å²) in [4.78, 5) is 24.2. The van der Waals surface area contributed by atoms with Gasteiger partial charge < -0.3 is 4.90 Å². The third-order valence-corrected chi connectivity index (χ3v) is 2.91. The van der Waals surface area contributed by atoms with Gasteiger partial charge in [0.05, 0.1) is 0 Å². The highest BCUT2D eigenvalue weighted by Gasteiger charge is 2.47. The molecule has 0 spiro atoms. The topological polar surface area (TPSA) is 69.6 Å². The lowest BCUT2D eigenvalue weighted by atomic mass is 10.1. The number of carbonyl (C=O) groups is 2. The van der Waals surface area contributed by atoms with Crippen molar-refractivity contribution in [1.82, 2.24) is 10.4 Å². The number of hydrogen-bond acceptors (Lipinski definition) is 3. The van der Waals surface area contributed by atoms with Crippen LogP contribution in [0.3, 0.4) is 0 Å². The Morgan fingerprint density at radius 2 is 2.00 bits per heavy atom. The van der Waals surface area contributed by atoms with Crippen LogP contribution in [0.1, 0.15) is 26.7 Å². The van der Waals surface area contributed by atoms with E-state index in [1.54, 1.807) is 14.0 Å². The van der Waals surface area contributed by atoms with Crippen LogP contribution in [0.2, 0.25) is 0 Å². The minimum Gasteiger partial charge on any atom is -0.333 e. The van der Waals surface area contributed by atoms with Gasteiger partial charge in [-0.05, 0) is 19.8 Å². The van der Waals surface area contributed by atoms with E-state index in [0.29, 0.717) is 0 Å². The van der Waals surface area contributed by atoms with Gasteiger partial charge in [0.1, 0.15) is 6.04 Å². The predicted molar refractivity (Wildman–Crippen MR) is 49.5 cm³/mol. The first kappa shape index (κ1) is 11.0. The SMILES string of the molecule is C[C@H](C(=O)NO)N(C)C(=O)C1(C)CC1. The summed E-state index contributed by atoms with van der Waals surface area (Å²) >= 11 is 0. The Balaban J connectivity index is 2.60. The molecule has 1 saturated carbocycles. The number of hydrogen-bond donors (Lipinski definition) is 2. The van der Waals surface area contributed by atoms with Crippen molar-refractivity contribution in [3.8, 4) is 0 Å². The van der Waals surface area contributed by atoms with Gasteiger partial charge in [-0.15, -0.1) is 0 Å². The van der Waals surface area contributed by atoms with Gasteiger partial charge in [-0.3, -0.25) is 14.8 Å². The van der Waals surface area contributed by atoms with Crippen LogP contribution in [0.5, 0.6) is 0 Å². The van der Waals surface area contributed by atoms with Gasteiger partial charge in [0.2, 0.25) is 5.91 Å². The number of hydroxylamine groups is 1. The van der Waals surface area contributed by atoms with E-state index in [1.165, 1.54) is 10.4 Å². The van der Waals surface area contributed by atoms with E-state index >= 15 is 0 Å². The summed E-state index contributed by atoms with van der Waals surface area (Å²) in [6.07, 6.45) is 1.76. The highest BCUT2D eigenvalue weighted by atomic mass is 16.5. The van der Waals surface area contributed by atoms with Crippen molar-refractivity contribution in [3.63, 3.8) is 0 Å². The molecule has 0 radical (unpaired) electrons. The molecule has 0 aromatic rings. The van der Waals surface area contributed by atoms with E-state index in [4.69, 9.17) is 5.21 Å². The lowest BCUT2D eigenvalue weighted by Gasteiger charge is -2.25. The maximum Gasteiger partial charge on any atom is 0.265 e. The molecule has 80 valence electrons. The van der Waals surface area contributed by atoms with Crippen molar-refractivity contribution < 1.29 is 14.8 Å². The van der Waals surface area contributed by atoms with Crippen molar-refractivity contribution in [3.05, 3.63) is 0 Å². The summed E-state index contributed by atoms with van der Waals surface area (Å²) in [7, 11) is 1.58. The molecular weight excluding hydrogens is 184 g/mol. The molecule has 1 atom stereocenters. The highest BCUT2D eigenvalue weighted by Crippen LogP contribution is 2.46. The molecule has 0 bridgehead atoms. The molecule has 0 aliphatic heterocycles. The number of carbonyl (C=O) groups excluding carboxylic acids is 2. The Morgan fingerprint density at radius 1 is 1.50 bits per heavy atom. The summed E-state index contributed by atoms with van der Waals surface area (Å²) in [5.41, 5.74) is 1.26. The fourth-order valence-corrected chi connectivity index (χ4v) is 1.27. The fourth-order valence-electron chi connectivity index (χ4n) is 1.27. The van der Waals surface area contributed by atoms with Gasteiger partial charge in [0, 0.05) is 12.5 Å². The molecule has 2 amide bonds. The zero-order chi connectivity index (χ0) is 10.9. The summed E-state index contributed by atoms with van der Waals surface area (Å²) in [6, 6.07) is -0.634. The van der Waals surface area contributed by atoms with Crippen LogP contribution in [-0.4, -0.2) is 35.0 Å². The van der Waals surface area contributed by atoms with Crippen LogP contribution in [-0.2, 0) is 9.59 Å². The predicted octanol–water partition coefficient (Wildman–Crippen LogP) is 0.139. The zero-order valence-electron chi connectivity index (χ0n) is 8.70. The van der Waals surface area contributed by atoms with Gasteiger partial charge in [-0.25, -0.2) is 5.48 Å². The average molecular weight is 200 g/mol. The lowest BCUT2D eigenvalue weighted by molar-refractivity contribution is -0.145. The van der Waals surface area contributed by atoms with Crippen LogP contribution in [0.15, 0.2) is 0 Å². The number of likely N-dealkylation sites (N-methyl/N-ethyl adjacent to an activating group) is 1. The van der Waals surface area contributed by atoms with Crippen molar-refractivity contribution in [2.75, 3.05) is 7.05 Å². The summed E-state index contributed by atoms with van der Waals surface area (Å²) in [5, 5.41) is 8.42. The van der Waals surface area contributed by atoms with Crippen molar-refractivity contribution in [2.45, 2.75) is 32.7 Å². The lowest BCUT2D eigenvalue weighted by Crippen LogP contribution is -2.47. The Kier molecular flexibility index (Phi) is 2.80. The Labute approximate surface area is 83.0 Å². The smallest absolute Gasteiger partial charge is 0.265 e. The molecule has 5 nitrogen and oxygen atoms in total. The summed E-state index contributed by atoms with van der Waals surface area (Å²) in [5.74, 6) is -0.598. The van der Waals surface area contributed by atoms with E-state index in [0.717, 1.165) is 12.8 Å². The van der Waals surface area contributed by atoms with E-state index < -0.39 is 11.9 Å². The third-order valence-electron chi connectivity index (χ3n) is 2.91. The zero-order valence-corrected chi connectivity index (χ0v) is 8.70. The standard InChI is InChI=1S/C9H16N2O3/c1-6(7(12)10-14)11(3)8(13)9(2)4-5-9/h6,14H,4-5H2,1-3H3,(H,10,12)/t6-/m1/s1. The minimum absolute atomic E-state index is 0.0337. The Hall–Kier alpha value is -1.10. The molecule has 1 aliphatic carbocycles. The molecule has 0 unspecified atom stereocenters. The first-order chi connectivity index (χ1) is 6.42. The molecule has 0 aromatic heterocycles. The number of nitrogens with one attached hydrogen (secondary N) is 1. The largest absolute Gasteiger partial charge is 0.333 e. The van der Waals surface area contributed by atoms with Crippen LogP contribution >= 0.6 is 0 Å². The van der Waals surface area contributed by atoms with Gasteiger partial charge in [-0.2, -0.15) is 0 Å². The second kappa shape index (κ2) is 3.57. The first-order valence-electron chi connectivity index (χ1n) is 4.63. The Morgan fingerprint density at radius 3 is 2.36 bits per heavy atom. The van der Waals surface area contributed by atoms with E-state index in [9.17, 15) is 9.59 Å². The Bertz CT molecular complexity index is 261. The summed E-state index contributed by atoms with van der Waals surface area (Å²) in [6.45, 7) is 3.46. The van der Waals surface area contributed by atoms with E-state index in [-0.39, 0.29) is 11.3 Å². The number of rotatable bonds is 3. The monoisotopic (exact) mass is 200 g/mol. The molecule has 14 heavy (non-hydrogen) atoms. The van der Waals surface area contributed by atoms with Crippen LogP contribution in [0.4, 0.5) is 0 Å². The quantitative estimate of drug-likeness (QED) is 0.503. The molecule has 0 heterocycles. The van der Waals surface area contributed by atoms with Crippen LogP contribution in [0, 0.1) is 5.41 Å².